The average Bonchev–Trinajstić information content (AvgIpc) is 1.46. The Morgan fingerprint density at radius 2 is 0.783 bits per heavy atom. The molecule has 8 unspecified atom stereocenters. The van der Waals surface area contributed by atoms with Crippen LogP contribution < -0.4 is 29.7 Å². The van der Waals surface area contributed by atoms with Crippen LogP contribution in [0.25, 0.3) is 55.3 Å². The summed E-state index contributed by atoms with van der Waals surface area (Å²) in [5.41, 5.74) is 5.13. The van der Waals surface area contributed by atoms with Crippen LogP contribution in [0, 0.1) is 70.6 Å². The largest absolute Gasteiger partial charge is 0.491 e. The number of piperidine rings is 4. The quantitative estimate of drug-likeness (QED) is 0.0339. The number of rotatable bonds is 12. The van der Waals surface area contributed by atoms with E-state index in [0.29, 0.717) is 137 Å². The van der Waals surface area contributed by atoms with E-state index in [1.165, 1.54) is 31.1 Å². The minimum Gasteiger partial charge on any atom is -0.472 e. The predicted molar refractivity (Wildman–Crippen MR) is 438 cm³/mol. The maximum Gasteiger partial charge on any atom is 0.491 e. The fourth-order valence-corrected chi connectivity index (χ4v) is 17.4. The number of aromatic amines is 4. The Hall–Kier alpha value is -8.84. The van der Waals surface area contributed by atoms with Crippen LogP contribution in [-0.4, -0.2) is 256 Å². The third kappa shape index (κ3) is 19.5. The number of nitrogens with one attached hydrogen (secondary N) is 5. The summed E-state index contributed by atoms with van der Waals surface area (Å²) in [4.78, 5) is 89.9. The zero-order valence-corrected chi connectivity index (χ0v) is 71.4. The van der Waals surface area contributed by atoms with E-state index in [9.17, 15) is 31.9 Å². The van der Waals surface area contributed by atoms with E-state index in [2.05, 4.69) is 113 Å². The summed E-state index contributed by atoms with van der Waals surface area (Å²) < 4.78 is 120. The molecule has 8 aromatic heterocycles. The fourth-order valence-electron chi connectivity index (χ4n) is 16.2. The molecule has 7 N–H and O–H groups in total. The van der Waals surface area contributed by atoms with Crippen LogP contribution >= 0.6 is 60.2 Å². The summed E-state index contributed by atoms with van der Waals surface area (Å²) in [6, 6.07) is 5.96. The average molecular weight is 1880 g/mol. The van der Waals surface area contributed by atoms with E-state index in [-0.39, 0.29) is 113 Å². The van der Waals surface area contributed by atoms with Gasteiger partial charge in [-0.2, -0.15) is 19.9 Å². The van der Waals surface area contributed by atoms with E-state index < -0.39 is 36.0 Å². The van der Waals surface area contributed by atoms with Crippen LogP contribution in [0.2, 0.25) is 0 Å². The van der Waals surface area contributed by atoms with Gasteiger partial charge in [-0.3, -0.25) is 0 Å². The van der Waals surface area contributed by atoms with Crippen molar-refractivity contribution in [1.82, 2.24) is 79.8 Å². The molecule has 16 heterocycles. The second kappa shape index (κ2) is 36.3. The summed E-state index contributed by atoms with van der Waals surface area (Å²) in [5, 5.41) is 20.4. The molecule has 20 rings (SSSR count). The molecule has 10 aromatic rings. The van der Waals surface area contributed by atoms with Crippen molar-refractivity contribution in [2.75, 3.05) is 105 Å². The van der Waals surface area contributed by atoms with Gasteiger partial charge in [0.05, 0.1) is 66.3 Å². The van der Waals surface area contributed by atoms with E-state index in [1.807, 2.05) is 58.1 Å². The highest BCUT2D eigenvalue weighted by molar-refractivity contribution is 9.11. The number of carbonyl (C=O) groups excluding carboxylic acids is 3. The highest BCUT2D eigenvalue weighted by Gasteiger charge is 2.51. The molecule has 2 aliphatic carbocycles. The van der Waals surface area contributed by atoms with Crippen LogP contribution in [0.15, 0.2) is 99.9 Å². The number of hydrogen-bond acceptors (Lipinski definition) is 25. The molecule has 2 saturated carbocycles. The molecular weight excluding hydrogens is 1790 g/mol. The van der Waals surface area contributed by atoms with Crippen molar-refractivity contribution in [3.05, 3.63) is 123 Å². The van der Waals surface area contributed by atoms with E-state index in [0.717, 1.165) is 117 Å². The summed E-state index contributed by atoms with van der Waals surface area (Å²) in [7, 11) is -1.89. The summed E-state index contributed by atoms with van der Waals surface area (Å²) >= 11 is 10.4. The van der Waals surface area contributed by atoms with Gasteiger partial charge >= 0.3 is 25.4 Å². The van der Waals surface area contributed by atoms with Gasteiger partial charge in [0.2, 0.25) is 23.5 Å². The number of ether oxygens (including phenoxy) is 11. The predicted octanol–water partition coefficient (Wildman–Crippen LogP) is 11.0. The molecular formula is C79H89BBr3ClF4N16O16. The van der Waals surface area contributed by atoms with E-state index in [4.69, 9.17) is 62.2 Å². The van der Waals surface area contributed by atoms with Crippen molar-refractivity contribution in [3.8, 4) is 34.6 Å². The first kappa shape index (κ1) is 86.1. The van der Waals surface area contributed by atoms with Crippen molar-refractivity contribution in [3.63, 3.8) is 0 Å². The maximum atomic E-state index is 14.4. The lowest BCUT2D eigenvalue weighted by Crippen LogP contribution is -2.59. The molecule has 0 radical (unpaired) electrons. The minimum atomic E-state index is -1.89. The third-order valence-electron chi connectivity index (χ3n) is 22.7. The molecule has 8 atom stereocenters. The molecule has 120 heavy (non-hydrogen) atoms. The number of nitrogens with zero attached hydrogens (tertiary/aromatic N) is 11. The van der Waals surface area contributed by atoms with Crippen LogP contribution in [0.4, 0.5) is 31.9 Å². The molecule has 8 saturated heterocycles. The van der Waals surface area contributed by atoms with Crippen molar-refractivity contribution in [2.24, 2.45) is 47.3 Å². The second-order valence-corrected chi connectivity index (χ2v) is 35.5. The Morgan fingerprint density at radius 3 is 1.13 bits per heavy atom. The zero-order chi connectivity index (χ0) is 83.2. The monoisotopic (exact) mass is 1880 g/mol. The molecule has 2 aromatic carbocycles. The highest BCUT2D eigenvalue weighted by Crippen LogP contribution is 2.44. The number of benzene rings is 2. The van der Waals surface area contributed by atoms with Gasteiger partial charge < -0.3 is 102 Å². The van der Waals surface area contributed by atoms with E-state index in [1.54, 1.807) is 22.3 Å². The van der Waals surface area contributed by atoms with Gasteiger partial charge in [-0.05, 0) is 126 Å². The Kier molecular flexibility index (Phi) is 26.1. The topological polar surface area (TPSA) is 381 Å². The molecule has 640 valence electrons. The Labute approximate surface area is 716 Å². The summed E-state index contributed by atoms with van der Waals surface area (Å²) in [5.74, 6) is -0.00396. The first-order chi connectivity index (χ1) is 57.2. The smallest absolute Gasteiger partial charge is 0.472 e. The molecule has 8 aliphatic heterocycles. The molecule has 10 fully saturated rings. The van der Waals surface area contributed by atoms with Crippen molar-refractivity contribution in [1.29, 1.82) is 0 Å². The molecule has 3 amide bonds. The van der Waals surface area contributed by atoms with Crippen LogP contribution in [0.3, 0.4) is 0 Å². The molecule has 8 bridgehead atoms. The standard InChI is InChI=1S/C24H24F2N4O4.C18H21BrN4O4.C18H23BrN4O4.C13H15BrN4O2.C6H5BF2O2.ClH/c1-24(4-5-24)34-23(31)30-8-13-10-32-11-14(9-30)21(13)33-22-20-19(28-12-29-22)17(7-27-20)16-3-2-15(25)6-18(16)26;1-18(2-3-18)27-17(24)23-5-10-7-25-8-11(6-23)15(10)26-16-14-13(21-9-22-16)12(19)4-20-14;1-18(2,3)27-17(24)23-5-10-7-25-8-11(6-23)15(10)26-16-14-13(21-9-22-16)12(19)4-20-14;14-9-3-16-11-10(9)17-6-18-13(11)20-12-7-1-15-2-8(12)5-19-4-7;8-4-1-2-5(7(10)11)6(9)3-4;/h2-3,6-7,12-14,21,27H,4-5,8-11H2,1H3;4,9-11,15,20H,2-3,5-8H2,1H3;4,9-11,15,20H,5-8H2,1-3H3;3,6-8,12,15-16H,1-2,4-5H2;1-3,10-11H;1H. The van der Waals surface area contributed by atoms with Crippen molar-refractivity contribution >= 4 is 135 Å². The van der Waals surface area contributed by atoms with Crippen LogP contribution in [-0.2, 0) is 33.2 Å². The minimum absolute atomic E-state index is 0. The lowest BCUT2D eigenvalue weighted by atomic mass is 9.80. The van der Waals surface area contributed by atoms with Crippen molar-refractivity contribution in [2.45, 2.75) is 102 Å². The number of hydrogen-bond donors (Lipinski definition) is 7. The van der Waals surface area contributed by atoms with Crippen LogP contribution in [0.1, 0.15) is 60.3 Å². The number of carbonyl (C=O) groups is 3. The number of aromatic nitrogens is 12. The number of likely N-dealkylation sites (tertiary alicyclic amines) is 3. The second-order valence-electron chi connectivity index (χ2n) is 32.9. The van der Waals surface area contributed by atoms with E-state index >= 15 is 0 Å². The highest BCUT2D eigenvalue weighted by atomic mass is 79.9. The number of amides is 3. The molecule has 32 nitrogen and oxygen atoms in total. The fraction of sp³-hybridized carbons (Fsp3) is 0.506. The Balaban J connectivity index is 0.000000121. The SMILES string of the molecule is Brc1c[nH]c2c(OC3C4CNCC3COC4)ncnc12.CC(C)(C)OC(=O)N1CC2COCC(C1)C2Oc1ncnc2c(Br)c[nH]c12.CC1(OC(=O)N2CC3COCC(C2)C3Oc2ncnc3c(-c4ccc(F)cc4F)c[nH]c23)CC1.CC1(OC(=O)N2CC3COCC(C2)C3Oc2ncnc3c(Br)c[nH]c23)CC1.Cl.OB(O)c1ccc(F)cc1F. The van der Waals surface area contributed by atoms with Gasteiger partial charge in [-0.25, -0.2) is 51.9 Å². The van der Waals surface area contributed by atoms with Gasteiger partial charge in [-0.1, -0.05) is 6.07 Å². The summed E-state index contributed by atoms with van der Waals surface area (Å²) in [6.07, 6.45) is 15.8. The molecule has 0 spiro atoms. The molecule has 10 aliphatic rings. The van der Waals surface area contributed by atoms with Crippen LogP contribution in [0.5, 0.6) is 23.5 Å². The zero-order valence-electron chi connectivity index (χ0n) is 65.8. The summed E-state index contributed by atoms with van der Waals surface area (Å²) in [6.45, 7) is 19.2. The first-order valence-corrected chi connectivity index (χ1v) is 41.7. The van der Waals surface area contributed by atoms with Gasteiger partial charge in [0.1, 0.15) is 134 Å². The molecule has 41 heteroatoms. The van der Waals surface area contributed by atoms with Gasteiger partial charge in [0.15, 0.2) is 0 Å². The first-order valence-electron chi connectivity index (χ1n) is 39.3. The lowest BCUT2D eigenvalue weighted by Gasteiger charge is -2.46. The van der Waals surface area contributed by atoms with Gasteiger partial charge in [0, 0.05) is 153 Å². The number of fused-ring (bicyclic) bond motifs is 12. The Morgan fingerprint density at radius 1 is 0.458 bits per heavy atom. The Bertz CT molecular complexity index is 5150. The normalized spacial score (nSPS) is 25.2. The maximum absolute atomic E-state index is 14.4. The number of halogens is 8. The van der Waals surface area contributed by atoms with Crippen molar-refractivity contribution < 1.29 is 94.1 Å². The van der Waals surface area contributed by atoms with Gasteiger partial charge in [-0.15, -0.1) is 12.4 Å². The van der Waals surface area contributed by atoms with Gasteiger partial charge in [0.25, 0.3) is 0 Å². The third-order valence-corrected chi connectivity index (χ3v) is 24.5. The number of H-pyrrole nitrogens is 4. The lowest BCUT2D eigenvalue weighted by molar-refractivity contribution is -0.113.